The number of nitriles is 1. The highest BCUT2D eigenvalue weighted by molar-refractivity contribution is 5.83. The summed E-state index contributed by atoms with van der Waals surface area (Å²) in [4.78, 5) is 10.5. The number of carbonyl (C=O) groups excluding carboxylic acids is 1. The molecule has 0 fully saturated rings. The van der Waals surface area contributed by atoms with Gasteiger partial charge in [-0.3, -0.25) is 0 Å². The largest absolute Gasteiger partial charge is 0.448 e. The van der Waals surface area contributed by atoms with Crippen LogP contribution in [0.5, 0.6) is 0 Å². The second-order valence-electron chi connectivity index (χ2n) is 3.61. The monoisotopic (exact) mass is 247 g/mol. The van der Waals surface area contributed by atoms with E-state index >= 15 is 0 Å². The Morgan fingerprint density at radius 1 is 1.50 bits per heavy atom. The number of para-hydroxylation sites is 1. The first-order valence-corrected chi connectivity index (χ1v) is 5.24. The van der Waals surface area contributed by atoms with Gasteiger partial charge in [-0.25, -0.2) is 9.18 Å². The van der Waals surface area contributed by atoms with Gasteiger partial charge in [0.1, 0.15) is 12.7 Å². The summed E-state index contributed by atoms with van der Waals surface area (Å²) >= 11 is 0. The molecule has 0 aliphatic rings. The van der Waals surface area contributed by atoms with Crippen molar-refractivity contribution in [2.24, 2.45) is 5.73 Å². The van der Waals surface area contributed by atoms with Crippen LogP contribution >= 0.6 is 0 Å². The van der Waals surface area contributed by atoms with Gasteiger partial charge in [-0.05, 0) is 12.1 Å². The molecule has 6 heteroatoms. The van der Waals surface area contributed by atoms with Gasteiger partial charge in [-0.2, -0.15) is 5.26 Å². The van der Waals surface area contributed by atoms with Gasteiger partial charge in [0, 0.05) is 5.39 Å². The summed E-state index contributed by atoms with van der Waals surface area (Å²) in [6.45, 7) is 0.165. The Bertz CT molecular complexity index is 643. The number of amides is 1. The standard InChI is InChI=1S/C12H10FN3O2/c13-11-8-3-1-2-4-9(8)16(10(11)7-14)5-6-18-12(15)17/h1-4H,5-6H2,(H2,15,17). The van der Waals surface area contributed by atoms with Crippen LogP contribution < -0.4 is 5.73 Å². The fourth-order valence-electron chi connectivity index (χ4n) is 1.84. The average Bonchev–Trinajstić information content (AvgIpc) is 2.63. The zero-order valence-corrected chi connectivity index (χ0v) is 9.39. The van der Waals surface area contributed by atoms with Gasteiger partial charge in [0.2, 0.25) is 0 Å². The molecule has 18 heavy (non-hydrogen) atoms. The van der Waals surface area contributed by atoms with Crippen molar-refractivity contribution < 1.29 is 13.9 Å². The van der Waals surface area contributed by atoms with Crippen molar-refractivity contribution in [2.45, 2.75) is 6.54 Å². The minimum Gasteiger partial charge on any atom is -0.448 e. The summed E-state index contributed by atoms with van der Waals surface area (Å²) < 4.78 is 20.0. The molecule has 1 heterocycles. The summed E-state index contributed by atoms with van der Waals surface area (Å²) in [5.74, 6) is -0.563. The Hall–Kier alpha value is -2.55. The molecule has 1 aromatic carbocycles. The highest BCUT2D eigenvalue weighted by atomic mass is 19.1. The second kappa shape index (κ2) is 4.75. The first kappa shape index (κ1) is 11.9. The number of fused-ring (bicyclic) bond motifs is 1. The molecule has 2 N–H and O–H groups in total. The molecular weight excluding hydrogens is 237 g/mol. The number of carbonyl (C=O) groups is 1. The van der Waals surface area contributed by atoms with Crippen LogP contribution in [0.1, 0.15) is 5.69 Å². The molecule has 0 unspecified atom stereocenters. The smallest absolute Gasteiger partial charge is 0.404 e. The summed E-state index contributed by atoms with van der Waals surface area (Å²) in [5, 5.41) is 9.33. The molecule has 92 valence electrons. The third-order valence-corrected chi connectivity index (χ3v) is 2.57. The Morgan fingerprint density at radius 2 is 2.22 bits per heavy atom. The molecule has 0 aliphatic heterocycles. The van der Waals surface area contributed by atoms with E-state index in [0.717, 1.165) is 0 Å². The average molecular weight is 247 g/mol. The van der Waals surface area contributed by atoms with Crippen molar-refractivity contribution >= 4 is 17.0 Å². The Kier molecular flexibility index (Phi) is 3.15. The lowest BCUT2D eigenvalue weighted by atomic mass is 10.2. The van der Waals surface area contributed by atoms with E-state index in [1.807, 2.05) is 6.07 Å². The molecular formula is C12H10FN3O2. The summed E-state index contributed by atoms with van der Waals surface area (Å²) in [6, 6.07) is 8.54. The van der Waals surface area contributed by atoms with Crippen molar-refractivity contribution in [1.82, 2.24) is 4.57 Å². The van der Waals surface area contributed by atoms with Gasteiger partial charge in [-0.15, -0.1) is 0 Å². The predicted molar refractivity (Wildman–Crippen MR) is 62.1 cm³/mol. The zero-order chi connectivity index (χ0) is 13.1. The quantitative estimate of drug-likeness (QED) is 0.897. The summed E-state index contributed by atoms with van der Waals surface area (Å²) in [6.07, 6.45) is -0.898. The van der Waals surface area contributed by atoms with Crippen molar-refractivity contribution in [3.63, 3.8) is 0 Å². The van der Waals surface area contributed by atoms with Crippen LogP contribution in [-0.4, -0.2) is 17.3 Å². The van der Waals surface area contributed by atoms with Gasteiger partial charge in [0.05, 0.1) is 12.1 Å². The first-order chi connectivity index (χ1) is 8.65. The topological polar surface area (TPSA) is 81.0 Å². The fourth-order valence-corrected chi connectivity index (χ4v) is 1.84. The molecule has 0 bridgehead atoms. The normalized spacial score (nSPS) is 10.2. The molecule has 1 aromatic heterocycles. The number of aromatic nitrogens is 1. The number of halogens is 1. The second-order valence-corrected chi connectivity index (χ2v) is 3.61. The van der Waals surface area contributed by atoms with E-state index in [1.54, 1.807) is 24.3 Å². The van der Waals surface area contributed by atoms with Crippen LogP contribution in [-0.2, 0) is 11.3 Å². The number of benzene rings is 1. The van der Waals surface area contributed by atoms with Crippen LogP contribution in [0.25, 0.3) is 10.9 Å². The van der Waals surface area contributed by atoms with Gasteiger partial charge >= 0.3 is 6.09 Å². The van der Waals surface area contributed by atoms with E-state index in [1.165, 1.54) is 4.57 Å². The molecule has 0 saturated carbocycles. The minimum absolute atomic E-state index is 0.0118. The predicted octanol–water partition coefficient (Wildman–Crippen LogP) is 1.75. The highest BCUT2D eigenvalue weighted by Crippen LogP contribution is 2.23. The molecule has 0 atom stereocenters. The van der Waals surface area contributed by atoms with Crippen molar-refractivity contribution in [1.29, 1.82) is 5.26 Å². The maximum absolute atomic E-state index is 13.9. The number of rotatable bonds is 3. The van der Waals surface area contributed by atoms with Gasteiger partial charge in [0.25, 0.3) is 0 Å². The van der Waals surface area contributed by atoms with Crippen molar-refractivity contribution in [3.8, 4) is 6.07 Å². The number of nitrogens with zero attached hydrogens (tertiary/aromatic N) is 2. The van der Waals surface area contributed by atoms with Crippen LogP contribution in [0.4, 0.5) is 9.18 Å². The van der Waals surface area contributed by atoms with E-state index in [0.29, 0.717) is 10.9 Å². The zero-order valence-electron chi connectivity index (χ0n) is 9.39. The van der Waals surface area contributed by atoms with Gasteiger partial charge in [-0.1, -0.05) is 12.1 Å². The first-order valence-electron chi connectivity index (χ1n) is 5.24. The van der Waals surface area contributed by atoms with E-state index in [-0.39, 0.29) is 18.8 Å². The molecule has 5 nitrogen and oxygen atoms in total. The van der Waals surface area contributed by atoms with Crippen LogP contribution in [0, 0.1) is 17.1 Å². The number of primary amides is 1. The van der Waals surface area contributed by atoms with E-state index < -0.39 is 11.9 Å². The molecule has 0 spiro atoms. The third kappa shape index (κ3) is 1.98. The Morgan fingerprint density at radius 3 is 2.89 bits per heavy atom. The van der Waals surface area contributed by atoms with Crippen LogP contribution in [0.3, 0.4) is 0 Å². The Labute approximate surface area is 102 Å². The SMILES string of the molecule is N#Cc1c(F)c2ccccc2n1CCOC(N)=O. The molecule has 1 amide bonds. The van der Waals surface area contributed by atoms with Crippen molar-refractivity contribution in [3.05, 3.63) is 35.8 Å². The number of nitrogens with two attached hydrogens (primary N) is 1. The Balaban J connectivity index is 2.42. The lowest BCUT2D eigenvalue weighted by molar-refractivity contribution is 0.152. The molecule has 2 rings (SSSR count). The van der Waals surface area contributed by atoms with Crippen LogP contribution in [0.15, 0.2) is 24.3 Å². The third-order valence-electron chi connectivity index (χ3n) is 2.57. The minimum atomic E-state index is -0.898. The lowest BCUT2D eigenvalue weighted by Crippen LogP contribution is -2.17. The van der Waals surface area contributed by atoms with E-state index in [4.69, 9.17) is 11.0 Å². The summed E-state index contributed by atoms with van der Waals surface area (Å²) in [5.41, 5.74) is 5.34. The highest BCUT2D eigenvalue weighted by Gasteiger charge is 2.16. The number of ether oxygens (including phenoxy) is 1. The van der Waals surface area contributed by atoms with Gasteiger partial charge < -0.3 is 15.0 Å². The molecule has 0 aliphatic carbocycles. The van der Waals surface area contributed by atoms with Crippen LogP contribution in [0.2, 0.25) is 0 Å². The van der Waals surface area contributed by atoms with Gasteiger partial charge in [0.15, 0.2) is 11.5 Å². The molecule has 0 saturated heterocycles. The fraction of sp³-hybridized carbons (Fsp3) is 0.167. The molecule has 2 aromatic rings. The maximum Gasteiger partial charge on any atom is 0.404 e. The van der Waals surface area contributed by atoms with Crippen molar-refractivity contribution in [2.75, 3.05) is 6.61 Å². The number of hydrogen-bond acceptors (Lipinski definition) is 3. The van der Waals surface area contributed by atoms with E-state index in [2.05, 4.69) is 4.74 Å². The molecule has 0 radical (unpaired) electrons. The van der Waals surface area contributed by atoms with E-state index in [9.17, 15) is 9.18 Å². The lowest BCUT2D eigenvalue weighted by Gasteiger charge is -2.06. The maximum atomic E-state index is 13.9. The number of hydrogen-bond donors (Lipinski definition) is 1. The summed E-state index contributed by atoms with van der Waals surface area (Å²) in [7, 11) is 0.